The Kier molecular flexibility index (Phi) is 5.41. The van der Waals surface area contributed by atoms with E-state index < -0.39 is 21.9 Å². The predicted octanol–water partition coefficient (Wildman–Crippen LogP) is 2.16. The fraction of sp³-hybridized carbons (Fsp3) is 0.500. The third-order valence-electron chi connectivity index (χ3n) is 3.54. The Morgan fingerprint density at radius 2 is 2.23 bits per heavy atom. The van der Waals surface area contributed by atoms with E-state index in [1.54, 1.807) is 0 Å². The van der Waals surface area contributed by atoms with E-state index in [1.165, 1.54) is 0 Å². The summed E-state index contributed by atoms with van der Waals surface area (Å²) in [4.78, 5) is 11.9. The molecule has 0 aliphatic carbocycles. The third-order valence-corrected chi connectivity index (χ3v) is 5.93. The van der Waals surface area contributed by atoms with Gasteiger partial charge in [0.1, 0.15) is 16.8 Å². The first-order chi connectivity index (χ1) is 10.4. The summed E-state index contributed by atoms with van der Waals surface area (Å²) in [6.07, 6.45) is 1.84. The van der Waals surface area contributed by atoms with Crippen LogP contribution in [0, 0.1) is 5.82 Å². The smallest absolute Gasteiger partial charge is 0.245 e. The largest absolute Gasteiger partial charge is 0.355 e. The van der Waals surface area contributed by atoms with Gasteiger partial charge in [-0.3, -0.25) is 4.79 Å². The highest BCUT2D eigenvalue weighted by Crippen LogP contribution is 2.30. The highest BCUT2D eigenvalue weighted by atomic mass is 35.5. The molecule has 1 unspecified atom stereocenters. The lowest BCUT2D eigenvalue weighted by atomic mass is 10.2. The van der Waals surface area contributed by atoms with Gasteiger partial charge in [-0.15, -0.1) is 0 Å². The van der Waals surface area contributed by atoms with Crippen LogP contribution in [0.2, 0.25) is 5.02 Å². The molecule has 22 heavy (non-hydrogen) atoms. The van der Waals surface area contributed by atoms with Gasteiger partial charge in [-0.1, -0.05) is 18.5 Å². The van der Waals surface area contributed by atoms with E-state index >= 15 is 0 Å². The van der Waals surface area contributed by atoms with Gasteiger partial charge >= 0.3 is 0 Å². The zero-order chi connectivity index (χ0) is 16.3. The Hall–Kier alpha value is -1.18. The van der Waals surface area contributed by atoms with Gasteiger partial charge in [0, 0.05) is 13.1 Å². The van der Waals surface area contributed by atoms with Crippen molar-refractivity contribution in [2.75, 3.05) is 13.1 Å². The zero-order valence-corrected chi connectivity index (χ0v) is 13.8. The van der Waals surface area contributed by atoms with Crippen LogP contribution in [0.5, 0.6) is 0 Å². The number of carbonyl (C=O) groups is 1. The van der Waals surface area contributed by atoms with Crippen LogP contribution in [-0.2, 0) is 14.8 Å². The number of amides is 1. The van der Waals surface area contributed by atoms with Crippen molar-refractivity contribution in [3.05, 3.63) is 29.0 Å². The van der Waals surface area contributed by atoms with E-state index in [2.05, 4.69) is 5.32 Å². The summed E-state index contributed by atoms with van der Waals surface area (Å²) in [7, 11) is -3.93. The monoisotopic (exact) mass is 348 g/mol. The molecule has 5 nitrogen and oxygen atoms in total. The van der Waals surface area contributed by atoms with Gasteiger partial charge in [-0.25, -0.2) is 12.8 Å². The third kappa shape index (κ3) is 3.42. The molecule has 0 aromatic heterocycles. The summed E-state index contributed by atoms with van der Waals surface area (Å²) in [5.74, 6) is -0.913. The number of benzene rings is 1. The van der Waals surface area contributed by atoms with Crippen molar-refractivity contribution in [1.29, 1.82) is 0 Å². The van der Waals surface area contributed by atoms with Gasteiger partial charge in [0.25, 0.3) is 0 Å². The van der Waals surface area contributed by atoms with Crippen molar-refractivity contribution in [2.24, 2.45) is 0 Å². The predicted molar refractivity (Wildman–Crippen MR) is 81.6 cm³/mol. The molecule has 2 rings (SSSR count). The second-order valence-electron chi connectivity index (χ2n) is 5.14. The summed E-state index contributed by atoms with van der Waals surface area (Å²) in [6, 6.07) is 2.39. The van der Waals surface area contributed by atoms with Crippen molar-refractivity contribution >= 4 is 27.5 Å². The van der Waals surface area contributed by atoms with Crippen LogP contribution >= 0.6 is 11.6 Å². The maximum absolute atomic E-state index is 13.1. The second-order valence-corrected chi connectivity index (χ2v) is 7.41. The molecular formula is C14H18ClFN2O3S. The molecule has 0 radical (unpaired) electrons. The van der Waals surface area contributed by atoms with Crippen LogP contribution < -0.4 is 5.32 Å². The highest BCUT2D eigenvalue weighted by molar-refractivity contribution is 7.89. The molecule has 1 aromatic rings. The van der Waals surface area contributed by atoms with E-state index in [9.17, 15) is 17.6 Å². The maximum Gasteiger partial charge on any atom is 0.245 e. The standard InChI is InChI=1S/C14H18ClFN2O3S/c1-2-7-17-14(19)12-4-3-8-18(12)22(20,21)13-6-5-10(16)9-11(13)15/h5-6,9,12H,2-4,7-8H2,1H3,(H,17,19). The Balaban J connectivity index is 2.29. The number of hydrogen-bond donors (Lipinski definition) is 1. The van der Waals surface area contributed by atoms with Crippen LogP contribution in [0.1, 0.15) is 26.2 Å². The summed E-state index contributed by atoms with van der Waals surface area (Å²) < 4.78 is 39.6. The first kappa shape index (κ1) is 17.2. The molecule has 1 aliphatic heterocycles. The van der Waals surface area contributed by atoms with E-state index in [1.807, 2.05) is 6.92 Å². The average molecular weight is 349 g/mol. The van der Waals surface area contributed by atoms with Gasteiger partial charge in [0.2, 0.25) is 15.9 Å². The molecule has 0 saturated carbocycles. The molecule has 8 heteroatoms. The molecule has 122 valence electrons. The van der Waals surface area contributed by atoms with E-state index in [4.69, 9.17) is 11.6 Å². The fourth-order valence-corrected chi connectivity index (χ4v) is 4.63. The maximum atomic E-state index is 13.1. The molecule has 0 bridgehead atoms. The minimum atomic E-state index is -3.93. The van der Waals surface area contributed by atoms with Gasteiger partial charge in [0.15, 0.2) is 0 Å². The lowest BCUT2D eigenvalue weighted by Gasteiger charge is -2.23. The van der Waals surface area contributed by atoms with E-state index in [0.717, 1.165) is 28.9 Å². The molecule has 1 heterocycles. The SMILES string of the molecule is CCCNC(=O)C1CCCN1S(=O)(=O)c1ccc(F)cc1Cl. The molecule has 0 spiro atoms. The van der Waals surface area contributed by atoms with E-state index in [-0.39, 0.29) is 22.4 Å². The normalized spacial score (nSPS) is 19.3. The van der Waals surface area contributed by atoms with Crippen molar-refractivity contribution < 1.29 is 17.6 Å². The number of hydrogen-bond acceptors (Lipinski definition) is 3. The highest BCUT2D eigenvalue weighted by Gasteiger charge is 2.40. The topological polar surface area (TPSA) is 66.5 Å². The summed E-state index contributed by atoms with van der Waals surface area (Å²) >= 11 is 5.86. The van der Waals surface area contributed by atoms with Gasteiger partial charge in [-0.05, 0) is 37.5 Å². The molecule has 1 atom stereocenters. The first-order valence-corrected chi connectivity index (χ1v) is 8.94. The van der Waals surface area contributed by atoms with Crippen molar-refractivity contribution in [2.45, 2.75) is 37.1 Å². The van der Waals surface area contributed by atoms with Crippen molar-refractivity contribution in [3.8, 4) is 0 Å². The Labute approximate surface area is 134 Å². The number of sulfonamides is 1. The zero-order valence-electron chi connectivity index (χ0n) is 12.2. The van der Waals surface area contributed by atoms with Gasteiger partial charge < -0.3 is 5.32 Å². The van der Waals surface area contributed by atoms with E-state index in [0.29, 0.717) is 19.4 Å². The molecule has 1 aromatic carbocycles. The average Bonchev–Trinajstić information content (AvgIpc) is 2.94. The molecule has 1 amide bonds. The summed E-state index contributed by atoms with van der Waals surface area (Å²) in [6.45, 7) is 2.67. The quantitative estimate of drug-likeness (QED) is 0.886. The Morgan fingerprint density at radius 3 is 2.86 bits per heavy atom. The molecule has 1 N–H and O–H groups in total. The Morgan fingerprint density at radius 1 is 1.50 bits per heavy atom. The fourth-order valence-electron chi connectivity index (χ4n) is 2.47. The molecular weight excluding hydrogens is 331 g/mol. The second kappa shape index (κ2) is 6.93. The lowest BCUT2D eigenvalue weighted by molar-refractivity contribution is -0.124. The van der Waals surface area contributed by atoms with Gasteiger partial charge in [0.05, 0.1) is 5.02 Å². The molecule has 1 aliphatic rings. The Bertz CT molecular complexity index is 666. The summed E-state index contributed by atoms with van der Waals surface area (Å²) in [5.41, 5.74) is 0. The molecule has 1 fully saturated rings. The van der Waals surface area contributed by atoms with Crippen LogP contribution in [0.3, 0.4) is 0 Å². The lowest BCUT2D eigenvalue weighted by Crippen LogP contribution is -2.46. The first-order valence-electron chi connectivity index (χ1n) is 7.12. The number of rotatable bonds is 5. The molecule has 1 saturated heterocycles. The minimum absolute atomic E-state index is 0.175. The summed E-state index contributed by atoms with van der Waals surface area (Å²) in [5, 5.41) is 2.53. The van der Waals surface area contributed by atoms with Crippen LogP contribution in [0.4, 0.5) is 4.39 Å². The number of nitrogens with zero attached hydrogens (tertiary/aromatic N) is 1. The number of nitrogens with one attached hydrogen (secondary N) is 1. The number of halogens is 2. The number of carbonyl (C=O) groups excluding carboxylic acids is 1. The van der Waals surface area contributed by atoms with Gasteiger partial charge in [-0.2, -0.15) is 4.31 Å². The minimum Gasteiger partial charge on any atom is -0.355 e. The van der Waals surface area contributed by atoms with Crippen LogP contribution in [0.25, 0.3) is 0 Å². The van der Waals surface area contributed by atoms with Crippen LogP contribution in [-0.4, -0.2) is 37.8 Å². The van der Waals surface area contributed by atoms with Crippen molar-refractivity contribution in [3.63, 3.8) is 0 Å². The van der Waals surface area contributed by atoms with Crippen molar-refractivity contribution in [1.82, 2.24) is 9.62 Å². The van der Waals surface area contributed by atoms with Crippen LogP contribution in [0.15, 0.2) is 23.1 Å².